The van der Waals surface area contributed by atoms with E-state index in [0.29, 0.717) is 18.3 Å². The zero-order valence-electron chi connectivity index (χ0n) is 23.9. The minimum absolute atomic E-state index is 0.303. The van der Waals surface area contributed by atoms with Crippen LogP contribution in [0.25, 0.3) is 0 Å². The van der Waals surface area contributed by atoms with Gasteiger partial charge in [-0.3, -0.25) is 9.59 Å². The predicted octanol–water partition coefficient (Wildman–Crippen LogP) is 10.0. The topological polar surface area (TPSA) is 74.6 Å². The van der Waals surface area contributed by atoms with Crippen LogP contribution in [0.5, 0.6) is 0 Å². The number of aliphatic carboxylic acids is 2. The van der Waals surface area contributed by atoms with Gasteiger partial charge in [0.15, 0.2) is 0 Å². The summed E-state index contributed by atoms with van der Waals surface area (Å²) in [6.07, 6.45) is 23.7. The molecule has 35 heavy (non-hydrogen) atoms. The number of unbranched alkanes of at least 4 members (excludes halogenated alkanes) is 14. The van der Waals surface area contributed by atoms with Gasteiger partial charge in [0.1, 0.15) is 0 Å². The van der Waals surface area contributed by atoms with Crippen molar-refractivity contribution in [2.24, 2.45) is 17.3 Å². The molecule has 0 saturated carbocycles. The van der Waals surface area contributed by atoms with Gasteiger partial charge in [0.25, 0.3) is 0 Å². The van der Waals surface area contributed by atoms with E-state index in [0.717, 1.165) is 70.6 Å². The second-order valence-corrected chi connectivity index (χ2v) is 11.5. The Morgan fingerprint density at radius 1 is 0.629 bits per heavy atom. The Kier molecular flexibility index (Phi) is 21.5. The van der Waals surface area contributed by atoms with Gasteiger partial charge < -0.3 is 10.2 Å². The lowest BCUT2D eigenvalue weighted by molar-refractivity contribution is -0.152. The van der Waals surface area contributed by atoms with E-state index in [-0.39, 0.29) is 0 Å². The molecule has 0 heterocycles. The predicted molar refractivity (Wildman–Crippen MR) is 149 cm³/mol. The highest BCUT2D eigenvalue weighted by Gasteiger charge is 2.39. The third-order valence-corrected chi connectivity index (χ3v) is 8.03. The van der Waals surface area contributed by atoms with E-state index >= 15 is 0 Å². The van der Waals surface area contributed by atoms with Crippen molar-refractivity contribution < 1.29 is 19.8 Å². The molecule has 0 aromatic carbocycles. The molecule has 0 spiro atoms. The van der Waals surface area contributed by atoms with E-state index < -0.39 is 17.4 Å². The summed E-state index contributed by atoms with van der Waals surface area (Å²) >= 11 is 0. The summed E-state index contributed by atoms with van der Waals surface area (Å²) in [5.41, 5.74) is -0.531. The average Bonchev–Trinajstić information content (AvgIpc) is 2.81. The third-order valence-electron chi connectivity index (χ3n) is 8.03. The highest BCUT2D eigenvalue weighted by atomic mass is 16.4. The van der Waals surface area contributed by atoms with Gasteiger partial charge >= 0.3 is 11.9 Å². The van der Waals surface area contributed by atoms with Gasteiger partial charge in [-0.05, 0) is 37.5 Å². The first-order chi connectivity index (χ1) is 16.8. The number of carboxylic acids is 2. The third kappa shape index (κ3) is 17.9. The second-order valence-electron chi connectivity index (χ2n) is 11.5. The van der Waals surface area contributed by atoms with E-state index in [1.807, 2.05) is 0 Å². The lowest BCUT2D eigenvalue weighted by atomic mass is 9.68. The minimum atomic E-state index is -0.682. The molecule has 0 aliphatic rings. The van der Waals surface area contributed by atoms with Crippen LogP contribution in [-0.2, 0) is 9.59 Å². The van der Waals surface area contributed by atoms with Crippen molar-refractivity contribution in [3.63, 3.8) is 0 Å². The normalized spacial score (nSPS) is 12.8. The summed E-state index contributed by atoms with van der Waals surface area (Å²) in [5.74, 6) is -0.193. The molecule has 4 nitrogen and oxygen atoms in total. The largest absolute Gasteiger partial charge is 0.481 e. The molecule has 0 fully saturated rings. The molecule has 1 unspecified atom stereocenters. The molecule has 0 bridgehead atoms. The highest BCUT2D eigenvalue weighted by Crippen LogP contribution is 2.42. The SMILES string of the molecule is CCCCCCC(CCCCCC)(CC(CCCCCCCCCCCC(=O)O)C(C)C)C(=O)O. The van der Waals surface area contributed by atoms with Crippen molar-refractivity contribution in [3.8, 4) is 0 Å². The van der Waals surface area contributed by atoms with Crippen LogP contribution in [0.15, 0.2) is 0 Å². The van der Waals surface area contributed by atoms with Crippen LogP contribution in [0.2, 0.25) is 0 Å². The Bertz CT molecular complexity index is 502. The van der Waals surface area contributed by atoms with Crippen LogP contribution in [0.4, 0.5) is 0 Å². The average molecular weight is 497 g/mol. The molecule has 0 aromatic heterocycles. The Labute approximate surface area is 218 Å². The van der Waals surface area contributed by atoms with Crippen LogP contribution < -0.4 is 0 Å². The number of carbonyl (C=O) groups is 2. The van der Waals surface area contributed by atoms with Gasteiger partial charge in [0.05, 0.1) is 5.41 Å². The maximum atomic E-state index is 12.7. The van der Waals surface area contributed by atoms with Crippen LogP contribution >= 0.6 is 0 Å². The quantitative estimate of drug-likeness (QED) is 0.117. The van der Waals surface area contributed by atoms with Crippen LogP contribution in [-0.4, -0.2) is 22.2 Å². The van der Waals surface area contributed by atoms with E-state index in [1.165, 1.54) is 64.2 Å². The zero-order chi connectivity index (χ0) is 26.4. The molecule has 0 aliphatic heterocycles. The molecule has 4 heteroatoms. The molecular formula is C31H60O4. The van der Waals surface area contributed by atoms with Crippen molar-refractivity contribution in [3.05, 3.63) is 0 Å². The van der Waals surface area contributed by atoms with Crippen molar-refractivity contribution in [2.45, 2.75) is 169 Å². The molecule has 2 N–H and O–H groups in total. The summed E-state index contributed by atoms with van der Waals surface area (Å²) in [6.45, 7) is 9.00. The van der Waals surface area contributed by atoms with Gasteiger partial charge in [-0.2, -0.15) is 0 Å². The maximum absolute atomic E-state index is 12.7. The smallest absolute Gasteiger partial charge is 0.309 e. The van der Waals surface area contributed by atoms with Gasteiger partial charge in [0, 0.05) is 6.42 Å². The summed E-state index contributed by atoms with van der Waals surface area (Å²) < 4.78 is 0. The Morgan fingerprint density at radius 2 is 1.06 bits per heavy atom. The molecule has 0 radical (unpaired) electrons. The van der Waals surface area contributed by atoms with E-state index in [1.54, 1.807) is 0 Å². The number of rotatable bonds is 26. The Morgan fingerprint density at radius 3 is 1.46 bits per heavy atom. The lowest BCUT2D eigenvalue weighted by Gasteiger charge is -2.35. The number of hydrogen-bond acceptors (Lipinski definition) is 2. The number of carboxylic acid groups (broad SMARTS) is 2. The van der Waals surface area contributed by atoms with Gasteiger partial charge in [-0.15, -0.1) is 0 Å². The monoisotopic (exact) mass is 496 g/mol. The summed E-state index contributed by atoms with van der Waals surface area (Å²) in [5, 5.41) is 19.1. The van der Waals surface area contributed by atoms with Gasteiger partial charge in [-0.1, -0.05) is 137 Å². The zero-order valence-corrected chi connectivity index (χ0v) is 23.9. The highest BCUT2D eigenvalue weighted by molar-refractivity contribution is 5.74. The molecule has 0 aromatic rings. The van der Waals surface area contributed by atoms with Crippen LogP contribution in [0, 0.1) is 17.3 Å². The van der Waals surface area contributed by atoms with Crippen LogP contribution in [0.3, 0.4) is 0 Å². The summed E-state index contributed by atoms with van der Waals surface area (Å²) in [6, 6.07) is 0. The van der Waals surface area contributed by atoms with Gasteiger partial charge in [0.2, 0.25) is 0 Å². The first kappa shape index (κ1) is 33.9. The van der Waals surface area contributed by atoms with E-state index in [4.69, 9.17) is 5.11 Å². The van der Waals surface area contributed by atoms with Crippen molar-refractivity contribution in [1.82, 2.24) is 0 Å². The fourth-order valence-electron chi connectivity index (χ4n) is 5.50. The second kappa shape index (κ2) is 22.2. The standard InChI is InChI=1S/C31H60O4/c1-5-7-9-20-24-31(30(34)35,25-21-10-8-6-2)26-28(27(3)4)22-18-16-14-12-11-13-15-17-19-23-29(32)33/h27-28H,5-26H2,1-4H3,(H,32,33)(H,34,35). The Hall–Kier alpha value is -1.06. The van der Waals surface area contributed by atoms with Crippen molar-refractivity contribution in [2.75, 3.05) is 0 Å². The lowest BCUT2D eigenvalue weighted by Crippen LogP contribution is -2.35. The maximum Gasteiger partial charge on any atom is 0.309 e. The molecular weight excluding hydrogens is 436 g/mol. The fourth-order valence-corrected chi connectivity index (χ4v) is 5.50. The molecule has 208 valence electrons. The van der Waals surface area contributed by atoms with Gasteiger partial charge in [-0.25, -0.2) is 0 Å². The number of hydrogen-bond donors (Lipinski definition) is 2. The van der Waals surface area contributed by atoms with E-state index in [9.17, 15) is 14.7 Å². The van der Waals surface area contributed by atoms with Crippen LogP contribution in [0.1, 0.15) is 169 Å². The first-order valence-corrected chi connectivity index (χ1v) is 15.2. The first-order valence-electron chi connectivity index (χ1n) is 15.2. The van der Waals surface area contributed by atoms with Crippen molar-refractivity contribution >= 4 is 11.9 Å². The minimum Gasteiger partial charge on any atom is -0.481 e. The Balaban J connectivity index is 4.58. The van der Waals surface area contributed by atoms with Crippen molar-refractivity contribution in [1.29, 1.82) is 0 Å². The molecule has 0 rings (SSSR count). The summed E-state index contributed by atoms with van der Waals surface area (Å²) in [4.78, 5) is 23.2. The van der Waals surface area contributed by atoms with E-state index in [2.05, 4.69) is 27.7 Å². The molecule has 0 amide bonds. The molecule has 0 aliphatic carbocycles. The fraction of sp³-hybridized carbons (Fsp3) is 0.935. The molecule has 0 saturated heterocycles. The molecule has 1 atom stereocenters. The summed E-state index contributed by atoms with van der Waals surface area (Å²) in [7, 11) is 0.